The van der Waals surface area contributed by atoms with Gasteiger partial charge in [0.05, 0.1) is 12.5 Å². The van der Waals surface area contributed by atoms with Gasteiger partial charge < -0.3 is 5.32 Å². The lowest BCUT2D eigenvalue weighted by Crippen LogP contribution is -2.47. The van der Waals surface area contributed by atoms with Crippen LogP contribution in [0.1, 0.15) is 17.0 Å². The molecule has 24 heavy (non-hydrogen) atoms. The highest BCUT2D eigenvalue weighted by Gasteiger charge is 2.57. The SMILES string of the molecule is O=C(NCC(F)(F)C(F)(F)F)C1c2ccccc2-c2ccccc21. The van der Waals surface area contributed by atoms with Gasteiger partial charge in [0, 0.05) is 0 Å². The van der Waals surface area contributed by atoms with E-state index >= 15 is 0 Å². The number of amides is 1. The lowest BCUT2D eigenvalue weighted by Gasteiger charge is -2.21. The van der Waals surface area contributed by atoms with E-state index in [-0.39, 0.29) is 0 Å². The van der Waals surface area contributed by atoms with Crippen LogP contribution in [0.25, 0.3) is 11.1 Å². The molecule has 0 radical (unpaired) electrons. The van der Waals surface area contributed by atoms with Gasteiger partial charge in [-0.1, -0.05) is 48.5 Å². The maximum Gasteiger partial charge on any atom is 0.455 e. The lowest BCUT2D eigenvalue weighted by atomic mass is 9.96. The van der Waals surface area contributed by atoms with Crippen LogP contribution in [0.5, 0.6) is 0 Å². The zero-order valence-electron chi connectivity index (χ0n) is 12.2. The molecule has 0 saturated heterocycles. The van der Waals surface area contributed by atoms with Crippen molar-refractivity contribution in [2.45, 2.75) is 18.0 Å². The Kier molecular flexibility index (Phi) is 3.81. The highest BCUT2D eigenvalue weighted by atomic mass is 19.4. The smallest absolute Gasteiger partial charge is 0.349 e. The number of carbonyl (C=O) groups excluding carboxylic acids is 1. The first-order valence-electron chi connectivity index (χ1n) is 7.13. The Labute approximate surface area is 134 Å². The molecule has 2 aromatic carbocycles. The summed E-state index contributed by atoms with van der Waals surface area (Å²) in [5.41, 5.74) is 2.73. The standard InChI is InChI=1S/C17H12F5NO/c18-16(19,17(20,21)22)9-23-15(24)14-12-7-3-1-5-10(12)11-6-2-4-8-13(11)14/h1-8,14H,9H2,(H,23,24). The molecule has 7 heteroatoms. The third kappa shape index (κ3) is 2.64. The number of alkyl halides is 5. The Morgan fingerprint density at radius 1 is 0.875 bits per heavy atom. The van der Waals surface area contributed by atoms with Crippen LogP contribution in [0.2, 0.25) is 0 Å². The molecule has 0 atom stereocenters. The number of fused-ring (bicyclic) bond motifs is 3. The molecule has 2 nitrogen and oxygen atoms in total. The van der Waals surface area contributed by atoms with Gasteiger partial charge in [-0.05, 0) is 22.3 Å². The third-order valence-corrected chi connectivity index (χ3v) is 4.00. The Bertz CT molecular complexity index is 739. The highest BCUT2D eigenvalue weighted by Crippen LogP contribution is 2.44. The molecule has 0 aliphatic heterocycles. The topological polar surface area (TPSA) is 29.1 Å². The zero-order chi connectivity index (χ0) is 17.5. The fourth-order valence-corrected chi connectivity index (χ4v) is 2.84. The number of nitrogens with one attached hydrogen (secondary N) is 1. The number of benzene rings is 2. The van der Waals surface area contributed by atoms with Gasteiger partial charge in [-0.2, -0.15) is 22.0 Å². The molecule has 0 heterocycles. The normalized spacial score (nSPS) is 14.2. The highest BCUT2D eigenvalue weighted by molar-refractivity contribution is 5.96. The molecule has 1 N–H and O–H groups in total. The second-order valence-corrected chi connectivity index (χ2v) is 5.53. The minimum atomic E-state index is -5.70. The lowest BCUT2D eigenvalue weighted by molar-refractivity contribution is -0.278. The molecule has 2 aromatic rings. The molecule has 0 fully saturated rings. The first kappa shape index (κ1) is 16.4. The van der Waals surface area contributed by atoms with Crippen LogP contribution in [-0.2, 0) is 4.79 Å². The quantitative estimate of drug-likeness (QED) is 0.837. The first-order valence-corrected chi connectivity index (χ1v) is 7.13. The molecule has 1 amide bonds. The molecule has 0 saturated carbocycles. The molecule has 0 bridgehead atoms. The van der Waals surface area contributed by atoms with Gasteiger partial charge in [0.2, 0.25) is 5.91 Å². The predicted molar refractivity (Wildman–Crippen MR) is 77.7 cm³/mol. The van der Waals surface area contributed by atoms with Gasteiger partial charge in [0.1, 0.15) is 0 Å². The van der Waals surface area contributed by atoms with E-state index in [4.69, 9.17) is 0 Å². The maximum atomic E-state index is 13.0. The number of hydrogen-bond donors (Lipinski definition) is 1. The summed E-state index contributed by atoms with van der Waals surface area (Å²) < 4.78 is 62.8. The molecular weight excluding hydrogens is 329 g/mol. The molecule has 0 spiro atoms. The Morgan fingerprint density at radius 2 is 1.33 bits per heavy atom. The second kappa shape index (κ2) is 5.58. The van der Waals surface area contributed by atoms with Crippen molar-refractivity contribution in [2.24, 2.45) is 0 Å². The van der Waals surface area contributed by atoms with Gasteiger partial charge in [-0.3, -0.25) is 4.79 Å². The summed E-state index contributed by atoms with van der Waals surface area (Å²) >= 11 is 0. The van der Waals surface area contributed by atoms with E-state index < -0.39 is 30.5 Å². The van der Waals surface area contributed by atoms with Crippen molar-refractivity contribution < 1.29 is 26.7 Å². The summed E-state index contributed by atoms with van der Waals surface area (Å²) in [7, 11) is 0. The van der Waals surface area contributed by atoms with Gasteiger partial charge in [0.15, 0.2) is 0 Å². The van der Waals surface area contributed by atoms with Crippen molar-refractivity contribution in [2.75, 3.05) is 6.54 Å². The predicted octanol–water partition coefficient (Wildman–Crippen LogP) is 4.11. The maximum absolute atomic E-state index is 13.0. The van der Waals surface area contributed by atoms with Gasteiger partial charge in [0.25, 0.3) is 0 Å². The van der Waals surface area contributed by atoms with Crippen LogP contribution in [0.4, 0.5) is 22.0 Å². The molecule has 1 aliphatic carbocycles. The van der Waals surface area contributed by atoms with Crippen LogP contribution in [0, 0.1) is 0 Å². The van der Waals surface area contributed by atoms with Crippen LogP contribution >= 0.6 is 0 Å². The molecular formula is C17H12F5NO. The van der Waals surface area contributed by atoms with E-state index in [2.05, 4.69) is 0 Å². The summed E-state index contributed by atoms with van der Waals surface area (Å²) in [5.74, 6) is -6.75. The largest absolute Gasteiger partial charge is 0.455 e. The molecule has 0 aromatic heterocycles. The summed E-state index contributed by atoms with van der Waals surface area (Å²) in [5, 5.41) is 1.74. The van der Waals surface area contributed by atoms with Gasteiger partial charge in [-0.15, -0.1) is 0 Å². The van der Waals surface area contributed by atoms with Crippen LogP contribution in [0.3, 0.4) is 0 Å². The van der Waals surface area contributed by atoms with E-state index in [1.165, 1.54) is 0 Å². The zero-order valence-corrected chi connectivity index (χ0v) is 12.2. The molecule has 126 valence electrons. The molecule has 1 aliphatic rings. The fraction of sp³-hybridized carbons (Fsp3) is 0.235. The first-order chi connectivity index (χ1) is 11.2. The Morgan fingerprint density at radius 3 is 1.79 bits per heavy atom. The second-order valence-electron chi connectivity index (χ2n) is 5.53. The number of carbonyl (C=O) groups is 1. The fourth-order valence-electron chi connectivity index (χ4n) is 2.84. The van der Waals surface area contributed by atoms with Gasteiger partial charge >= 0.3 is 12.1 Å². The van der Waals surface area contributed by atoms with E-state index in [1.54, 1.807) is 53.8 Å². The van der Waals surface area contributed by atoms with Crippen molar-refractivity contribution in [1.29, 1.82) is 0 Å². The summed E-state index contributed by atoms with van der Waals surface area (Å²) in [6.45, 7) is -1.78. The van der Waals surface area contributed by atoms with Crippen LogP contribution in [-0.4, -0.2) is 24.6 Å². The summed E-state index contributed by atoms with van der Waals surface area (Å²) in [6.07, 6.45) is -5.70. The van der Waals surface area contributed by atoms with Crippen LogP contribution < -0.4 is 5.32 Å². The molecule has 3 rings (SSSR count). The minimum Gasteiger partial charge on any atom is -0.349 e. The van der Waals surface area contributed by atoms with E-state index in [0.29, 0.717) is 11.1 Å². The van der Waals surface area contributed by atoms with Crippen molar-refractivity contribution in [3.63, 3.8) is 0 Å². The van der Waals surface area contributed by atoms with E-state index in [0.717, 1.165) is 11.1 Å². The van der Waals surface area contributed by atoms with Gasteiger partial charge in [-0.25, -0.2) is 0 Å². The van der Waals surface area contributed by atoms with Crippen molar-refractivity contribution in [3.8, 4) is 11.1 Å². The number of hydrogen-bond acceptors (Lipinski definition) is 1. The average molecular weight is 341 g/mol. The number of rotatable bonds is 3. The monoisotopic (exact) mass is 341 g/mol. The van der Waals surface area contributed by atoms with E-state index in [1.807, 2.05) is 0 Å². The Hall–Kier alpha value is -2.44. The third-order valence-electron chi connectivity index (χ3n) is 4.00. The number of halogens is 5. The molecule has 0 unspecified atom stereocenters. The summed E-state index contributed by atoms with van der Waals surface area (Å²) in [6, 6.07) is 13.8. The van der Waals surface area contributed by atoms with Crippen LogP contribution in [0.15, 0.2) is 48.5 Å². The van der Waals surface area contributed by atoms with Crippen molar-refractivity contribution in [1.82, 2.24) is 5.32 Å². The van der Waals surface area contributed by atoms with Crippen molar-refractivity contribution >= 4 is 5.91 Å². The minimum absolute atomic E-state index is 0.589. The Balaban J connectivity index is 1.88. The van der Waals surface area contributed by atoms with Crippen molar-refractivity contribution in [3.05, 3.63) is 59.7 Å². The van der Waals surface area contributed by atoms with E-state index in [9.17, 15) is 26.7 Å². The summed E-state index contributed by atoms with van der Waals surface area (Å²) in [4.78, 5) is 12.3. The average Bonchev–Trinajstić information content (AvgIpc) is 2.86.